The first-order valence-corrected chi connectivity index (χ1v) is 10.1. The number of amides is 1. The lowest BCUT2D eigenvalue weighted by Gasteiger charge is -2.31. The summed E-state index contributed by atoms with van der Waals surface area (Å²) in [7, 11) is -3.28. The van der Waals surface area contributed by atoms with Gasteiger partial charge in [-0.05, 0) is 44.5 Å². The molecule has 1 aromatic rings. The van der Waals surface area contributed by atoms with Crippen LogP contribution in [0.1, 0.15) is 30.6 Å². The topological polar surface area (TPSA) is 81.7 Å². The Morgan fingerprint density at radius 1 is 1.32 bits per heavy atom. The first kappa shape index (κ1) is 19.6. The average Bonchev–Trinajstić information content (AvgIpc) is 2.55. The number of rotatable bonds is 6. The fourth-order valence-electron chi connectivity index (χ4n) is 2.50. The summed E-state index contributed by atoms with van der Waals surface area (Å²) in [5.74, 6) is -0.272. The second-order valence-corrected chi connectivity index (χ2v) is 8.41. The van der Waals surface area contributed by atoms with Crippen LogP contribution < -0.4 is 5.32 Å². The van der Waals surface area contributed by atoms with Crippen molar-refractivity contribution in [3.05, 3.63) is 41.5 Å². The maximum atomic E-state index is 12.4. The largest absolute Gasteiger partial charge is 0.379 e. The van der Waals surface area contributed by atoms with Gasteiger partial charge in [-0.15, -0.1) is 0 Å². The predicted octanol–water partition coefficient (Wildman–Crippen LogP) is 1.96. The summed E-state index contributed by atoms with van der Waals surface area (Å²) in [6.07, 6.45) is 3.74. The Labute approximate surface area is 149 Å². The summed E-state index contributed by atoms with van der Waals surface area (Å²) in [5.41, 5.74) is 1.58. The molecule has 0 aliphatic carbocycles. The molecule has 1 saturated heterocycles. The van der Waals surface area contributed by atoms with E-state index in [0.29, 0.717) is 31.8 Å². The highest BCUT2D eigenvalue weighted by Gasteiger charge is 2.28. The smallest absolute Gasteiger partial charge is 0.251 e. The molecule has 2 atom stereocenters. The number of hydrogen-bond acceptors (Lipinski definition) is 5. The van der Waals surface area contributed by atoms with Crippen LogP contribution in [0.2, 0.25) is 0 Å². The van der Waals surface area contributed by atoms with Crippen LogP contribution in [-0.4, -0.2) is 52.5 Å². The molecule has 0 spiro atoms. The molecule has 0 radical (unpaired) electrons. The number of hydrogen-bond donors (Lipinski definition) is 1. The van der Waals surface area contributed by atoms with Gasteiger partial charge in [0.05, 0.1) is 30.3 Å². The molecule has 138 valence electrons. The van der Waals surface area contributed by atoms with Crippen LogP contribution in [0.4, 0.5) is 0 Å². The van der Waals surface area contributed by atoms with Gasteiger partial charge in [-0.25, -0.2) is 8.42 Å². The zero-order valence-electron chi connectivity index (χ0n) is 14.8. The lowest BCUT2D eigenvalue weighted by atomic mass is 10.1. The Morgan fingerprint density at radius 2 is 2.00 bits per heavy atom. The molecule has 0 saturated carbocycles. The van der Waals surface area contributed by atoms with Crippen LogP contribution in [0.5, 0.6) is 0 Å². The van der Waals surface area contributed by atoms with Gasteiger partial charge in [-0.1, -0.05) is 11.6 Å². The van der Waals surface area contributed by atoms with E-state index in [1.165, 1.54) is 29.8 Å². The highest BCUT2D eigenvalue weighted by Crippen LogP contribution is 2.14. The Hall–Kier alpha value is -1.70. The van der Waals surface area contributed by atoms with Gasteiger partial charge in [0.2, 0.25) is 0 Å². The van der Waals surface area contributed by atoms with E-state index in [9.17, 15) is 13.2 Å². The molecule has 0 bridgehead atoms. The quantitative estimate of drug-likeness (QED) is 0.778. The molecule has 0 unspecified atom stereocenters. The Bertz CT molecular complexity index is 720. The molecule has 2 rings (SSSR count). The summed E-state index contributed by atoms with van der Waals surface area (Å²) in [6.45, 7) is 5.52. The van der Waals surface area contributed by atoms with Crippen molar-refractivity contribution in [2.75, 3.05) is 26.1 Å². The van der Waals surface area contributed by atoms with E-state index in [4.69, 9.17) is 9.47 Å². The molecule has 7 heteroatoms. The summed E-state index contributed by atoms with van der Waals surface area (Å²) in [4.78, 5) is 12.6. The van der Waals surface area contributed by atoms with Gasteiger partial charge in [0.25, 0.3) is 5.91 Å². The molecule has 1 amide bonds. The molecule has 1 heterocycles. The fourth-order valence-corrected chi connectivity index (χ4v) is 3.13. The van der Waals surface area contributed by atoms with E-state index in [1.807, 2.05) is 19.9 Å². The second-order valence-electron chi connectivity index (χ2n) is 6.39. The molecule has 1 aliphatic rings. The normalized spacial score (nSPS) is 20.8. The molecular weight excluding hydrogens is 342 g/mol. The SMILES string of the molecule is CC(C)=CCO[C@@H]1CCOC[C@@H]1NC(=O)c1ccc(S(C)(=O)=O)cc1. The maximum Gasteiger partial charge on any atom is 0.251 e. The lowest BCUT2D eigenvalue weighted by molar-refractivity contribution is -0.0457. The number of carbonyl (C=O) groups excluding carboxylic acids is 1. The van der Waals surface area contributed by atoms with E-state index in [0.717, 1.165) is 6.26 Å². The van der Waals surface area contributed by atoms with E-state index in [2.05, 4.69) is 5.32 Å². The van der Waals surface area contributed by atoms with Gasteiger partial charge in [-0.2, -0.15) is 0 Å². The standard InChI is InChI=1S/C18H25NO5S/c1-13(2)8-11-24-17-9-10-23-12-16(17)19-18(20)14-4-6-15(7-5-14)25(3,21)22/h4-8,16-17H,9-12H2,1-3H3,(H,19,20)/t16-,17+/m0/s1. The third-order valence-corrected chi connectivity index (χ3v) is 5.08. The van der Waals surface area contributed by atoms with Gasteiger partial charge in [0.1, 0.15) is 0 Å². The maximum absolute atomic E-state index is 12.4. The highest BCUT2D eigenvalue weighted by molar-refractivity contribution is 7.90. The lowest BCUT2D eigenvalue weighted by Crippen LogP contribution is -2.50. The van der Waals surface area contributed by atoms with Crippen molar-refractivity contribution in [1.29, 1.82) is 0 Å². The van der Waals surface area contributed by atoms with Crippen LogP contribution in [0, 0.1) is 0 Å². The molecular formula is C18H25NO5S. The first-order valence-electron chi connectivity index (χ1n) is 8.21. The van der Waals surface area contributed by atoms with Crippen molar-refractivity contribution < 1.29 is 22.7 Å². The van der Waals surface area contributed by atoms with E-state index in [1.54, 1.807) is 0 Å². The van der Waals surface area contributed by atoms with Crippen LogP contribution in [0.15, 0.2) is 40.8 Å². The molecule has 1 N–H and O–H groups in total. The molecule has 1 aromatic carbocycles. The van der Waals surface area contributed by atoms with Gasteiger partial charge in [-0.3, -0.25) is 4.79 Å². The third-order valence-electron chi connectivity index (χ3n) is 3.96. The molecule has 0 aromatic heterocycles. The monoisotopic (exact) mass is 367 g/mol. The minimum absolute atomic E-state index is 0.108. The predicted molar refractivity (Wildman–Crippen MR) is 95.4 cm³/mol. The summed E-state index contributed by atoms with van der Waals surface area (Å²) < 4.78 is 34.3. The van der Waals surface area contributed by atoms with Crippen molar-refractivity contribution in [1.82, 2.24) is 5.32 Å². The van der Waals surface area contributed by atoms with Crippen molar-refractivity contribution in [2.45, 2.75) is 37.3 Å². The number of sulfone groups is 1. The number of nitrogens with one attached hydrogen (secondary N) is 1. The third kappa shape index (κ3) is 5.95. The molecule has 6 nitrogen and oxygen atoms in total. The van der Waals surface area contributed by atoms with Gasteiger partial charge in [0.15, 0.2) is 9.84 Å². The van der Waals surface area contributed by atoms with Crippen LogP contribution >= 0.6 is 0 Å². The number of carbonyl (C=O) groups is 1. The van der Waals surface area contributed by atoms with Crippen LogP contribution in [0.3, 0.4) is 0 Å². The Balaban J connectivity index is 2.00. The van der Waals surface area contributed by atoms with Crippen LogP contribution in [-0.2, 0) is 19.3 Å². The van der Waals surface area contributed by atoms with Gasteiger partial charge >= 0.3 is 0 Å². The number of benzene rings is 1. The zero-order chi connectivity index (χ0) is 18.4. The van der Waals surface area contributed by atoms with Crippen LogP contribution in [0.25, 0.3) is 0 Å². The van der Waals surface area contributed by atoms with E-state index < -0.39 is 9.84 Å². The van der Waals surface area contributed by atoms with Crippen molar-refractivity contribution >= 4 is 15.7 Å². The number of allylic oxidation sites excluding steroid dienone is 1. The number of ether oxygens (including phenoxy) is 2. The van der Waals surface area contributed by atoms with E-state index in [-0.39, 0.29) is 22.9 Å². The summed E-state index contributed by atoms with van der Waals surface area (Å²) in [5, 5.41) is 2.92. The Morgan fingerprint density at radius 3 is 2.60 bits per heavy atom. The molecule has 25 heavy (non-hydrogen) atoms. The first-order chi connectivity index (χ1) is 11.8. The van der Waals surface area contributed by atoms with E-state index >= 15 is 0 Å². The highest BCUT2D eigenvalue weighted by atomic mass is 32.2. The van der Waals surface area contributed by atoms with Gasteiger partial charge in [0, 0.05) is 18.4 Å². The van der Waals surface area contributed by atoms with Crippen molar-refractivity contribution in [3.63, 3.8) is 0 Å². The summed E-state index contributed by atoms with van der Waals surface area (Å²) in [6, 6.07) is 5.65. The minimum Gasteiger partial charge on any atom is -0.379 e. The zero-order valence-corrected chi connectivity index (χ0v) is 15.6. The fraction of sp³-hybridized carbons (Fsp3) is 0.500. The van der Waals surface area contributed by atoms with Crippen molar-refractivity contribution in [2.24, 2.45) is 0 Å². The average molecular weight is 367 g/mol. The summed E-state index contributed by atoms with van der Waals surface area (Å²) >= 11 is 0. The van der Waals surface area contributed by atoms with Gasteiger partial charge < -0.3 is 14.8 Å². The minimum atomic E-state index is -3.28. The Kier molecular flexibility index (Phi) is 6.75. The van der Waals surface area contributed by atoms with Crippen molar-refractivity contribution in [3.8, 4) is 0 Å². The second kappa shape index (κ2) is 8.60. The molecule has 1 fully saturated rings. The molecule has 1 aliphatic heterocycles.